The average molecular weight is 268 g/mol. The summed E-state index contributed by atoms with van der Waals surface area (Å²) in [6.45, 7) is 1.76. The number of benzene rings is 1. The molecule has 2 rings (SSSR count). The van der Waals surface area contributed by atoms with E-state index in [2.05, 4.69) is 12.1 Å². The highest BCUT2D eigenvalue weighted by Crippen LogP contribution is 2.13. The molecule has 0 amide bonds. The molecule has 0 spiro atoms. The third-order valence-corrected chi connectivity index (χ3v) is 3.84. The fraction of sp³-hybridized carbons (Fsp3) is 0.571. The standard InChI is InChI=1S/C14H20O3S/c15-13-11-16-6-8-18-9-7-17-14(13)10-12-4-2-1-3-5-12/h1-5,13-15H,6-11H2. The highest BCUT2D eigenvalue weighted by Gasteiger charge is 2.21. The Morgan fingerprint density at radius 2 is 1.94 bits per heavy atom. The summed E-state index contributed by atoms with van der Waals surface area (Å²) in [5, 5.41) is 10.1. The molecule has 3 nitrogen and oxygen atoms in total. The van der Waals surface area contributed by atoms with Crippen LogP contribution in [0.1, 0.15) is 5.56 Å². The van der Waals surface area contributed by atoms with Gasteiger partial charge in [0.2, 0.25) is 0 Å². The number of hydrogen-bond acceptors (Lipinski definition) is 4. The van der Waals surface area contributed by atoms with Crippen LogP contribution in [-0.2, 0) is 15.9 Å². The van der Waals surface area contributed by atoms with Crippen molar-refractivity contribution < 1.29 is 14.6 Å². The summed E-state index contributed by atoms with van der Waals surface area (Å²) in [7, 11) is 0. The molecule has 0 aromatic heterocycles. The summed E-state index contributed by atoms with van der Waals surface area (Å²) in [5.74, 6) is 1.93. The highest BCUT2D eigenvalue weighted by atomic mass is 32.2. The zero-order valence-electron chi connectivity index (χ0n) is 10.5. The van der Waals surface area contributed by atoms with Crippen LogP contribution >= 0.6 is 11.8 Å². The number of ether oxygens (including phenoxy) is 2. The number of hydrogen-bond donors (Lipinski definition) is 1. The zero-order valence-corrected chi connectivity index (χ0v) is 11.3. The molecule has 4 heteroatoms. The number of thioether (sulfide) groups is 1. The molecule has 1 aromatic carbocycles. The van der Waals surface area contributed by atoms with E-state index in [4.69, 9.17) is 9.47 Å². The van der Waals surface area contributed by atoms with Gasteiger partial charge in [-0.3, -0.25) is 0 Å². The predicted molar refractivity (Wildman–Crippen MR) is 74.0 cm³/mol. The molecule has 1 aliphatic heterocycles. The van der Waals surface area contributed by atoms with Crippen LogP contribution in [0.25, 0.3) is 0 Å². The maximum absolute atomic E-state index is 10.1. The number of rotatable bonds is 2. The molecular weight excluding hydrogens is 248 g/mol. The topological polar surface area (TPSA) is 38.7 Å². The second-order valence-corrected chi connectivity index (χ2v) is 5.58. The Labute approximate surface area is 112 Å². The van der Waals surface area contributed by atoms with Gasteiger partial charge in [-0.15, -0.1) is 0 Å². The largest absolute Gasteiger partial charge is 0.388 e. The van der Waals surface area contributed by atoms with E-state index in [1.165, 1.54) is 5.56 Å². The van der Waals surface area contributed by atoms with Crippen LogP contribution in [0, 0.1) is 0 Å². The molecule has 1 aliphatic rings. The van der Waals surface area contributed by atoms with Gasteiger partial charge in [-0.1, -0.05) is 30.3 Å². The van der Waals surface area contributed by atoms with Crippen molar-refractivity contribution in [3.05, 3.63) is 35.9 Å². The summed E-state index contributed by atoms with van der Waals surface area (Å²) in [6.07, 6.45) is 0.00940. The molecule has 0 radical (unpaired) electrons. The van der Waals surface area contributed by atoms with Crippen LogP contribution < -0.4 is 0 Å². The minimum Gasteiger partial charge on any atom is -0.388 e. The van der Waals surface area contributed by atoms with E-state index >= 15 is 0 Å². The van der Waals surface area contributed by atoms with Crippen molar-refractivity contribution in [3.63, 3.8) is 0 Å². The van der Waals surface area contributed by atoms with Crippen LogP contribution in [0.15, 0.2) is 30.3 Å². The molecule has 1 aromatic rings. The molecule has 0 aliphatic carbocycles. The van der Waals surface area contributed by atoms with Crippen molar-refractivity contribution >= 4 is 11.8 Å². The van der Waals surface area contributed by atoms with Crippen molar-refractivity contribution in [3.8, 4) is 0 Å². The molecule has 0 bridgehead atoms. The van der Waals surface area contributed by atoms with E-state index in [0.29, 0.717) is 19.8 Å². The normalized spacial score (nSPS) is 26.7. The van der Waals surface area contributed by atoms with Gasteiger partial charge in [0.15, 0.2) is 0 Å². The smallest absolute Gasteiger partial charge is 0.104 e. The first kappa shape index (κ1) is 13.9. The second kappa shape index (κ2) is 7.79. The first-order valence-corrected chi connectivity index (χ1v) is 7.51. The van der Waals surface area contributed by atoms with Crippen molar-refractivity contribution in [2.24, 2.45) is 0 Å². The van der Waals surface area contributed by atoms with E-state index < -0.39 is 6.10 Å². The Kier molecular flexibility index (Phi) is 6.00. The molecule has 1 fully saturated rings. The van der Waals surface area contributed by atoms with E-state index in [1.807, 2.05) is 30.0 Å². The lowest BCUT2D eigenvalue weighted by atomic mass is 10.0. The molecule has 18 heavy (non-hydrogen) atoms. The minimum absolute atomic E-state index is 0.175. The Bertz CT molecular complexity index is 331. The molecule has 0 saturated carbocycles. The summed E-state index contributed by atoms with van der Waals surface area (Å²) in [4.78, 5) is 0. The summed E-state index contributed by atoms with van der Waals surface area (Å²) < 4.78 is 11.2. The third kappa shape index (κ3) is 4.61. The lowest BCUT2D eigenvalue weighted by molar-refractivity contribution is -0.0667. The maximum atomic E-state index is 10.1. The van der Waals surface area contributed by atoms with Gasteiger partial charge in [-0.2, -0.15) is 11.8 Å². The highest BCUT2D eigenvalue weighted by molar-refractivity contribution is 7.99. The van der Waals surface area contributed by atoms with Crippen LogP contribution in [0.4, 0.5) is 0 Å². The molecule has 2 unspecified atom stereocenters. The second-order valence-electron chi connectivity index (χ2n) is 4.35. The lowest BCUT2D eigenvalue weighted by Crippen LogP contribution is -2.36. The average Bonchev–Trinajstić information content (AvgIpc) is 2.41. The quantitative estimate of drug-likeness (QED) is 0.887. The van der Waals surface area contributed by atoms with Gasteiger partial charge in [0.05, 0.1) is 25.9 Å². The third-order valence-electron chi connectivity index (χ3n) is 2.93. The minimum atomic E-state index is -0.548. The van der Waals surface area contributed by atoms with Crippen LogP contribution in [0.2, 0.25) is 0 Å². The van der Waals surface area contributed by atoms with Crippen molar-refractivity contribution in [2.75, 3.05) is 31.3 Å². The van der Waals surface area contributed by atoms with Gasteiger partial charge in [0, 0.05) is 17.9 Å². The van der Waals surface area contributed by atoms with Gasteiger partial charge in [0.1, 0.15) is 6.10 Å². The van der Waals surface area contributed by atoms with E-state index in [-0.39, 0.29) is 6.10 Å². The molecular formula is C14H20O3S. The molecule has 1 heterocycles. The van der Waals surface area contributed by atoms with Crippen LogP contribution in [0.5, 0.6) is 0 Å². The van der Waals surface area contributed by atoms with E-state index in [9.17, 15) is 5.11 Å². The van der Waals surface area contributed by atoms with E-state index in [1.54, 1.807) is 0 Å². The maximum Gasteiger partial charge on any atom is 0.104 e. The van der Waals surface area contributed by atoms with Crippen molar-refractivity contribution in [1.29, 1.82) is 0 Å². The fourth-order valence-electron chi connectivity index (χ4n) is 1.94. The van der Waals surface area contributed by atoms with Gasteiger partial charge < -0.3 is 14.6 Å². The van der Waals surface area contributed by atoms with E-state index in [0.717, 1.165) is 17.9 Å². The Balaban J connectivity index is 1.93. The van der Waals surface area contributed by atoms with Crippen molar-refractivity contribution in [2.45, 2.75) is 18.6 Å². The van der Waals surface area contributed by atoms with Gasteiger partial charge >= 0.3 is 0 Å². The Morgan fingerprint density at radius 3 is 2.78 bits per heavy atom. The monoisotopic (exact) mass is 268 g/mol. The number of aliphatic hydroxyl groups excluding tert-OH is 1. The molecule has 1 N–H and O–H groups in total. The molecule has 100 valence electrons. The summed E-state index contributed by atoms with van der Waals surface area (Å²) >= 11 is 1.83. The first-order valence-electron chi connectivity index (χ1n) is 6.35. The summed E-state index contributed by atoms with van der Waals surface area (Å²) in [5.41, 5.74) is 1.19. The fourth-order valence-corrected chi connectivity index (χ4v) is 2.60. The lowest BCUT2D eigenvalue weighted by Gasteiger charge is -2.24. The van der Waals surface area contributed by atoms with Gasteiger partial charge in [0.25, 0.3) is 0 Å². The van der Waals surface area contributed by atoms with Gasteiger partial charge in [-0.25, -0.2) is 0 Å². The Hall–Kier alpha value is -0.550. The van der Waals surface area contributed by atoms with Gasteiger partial charge in [-0.05, 0) is 5.56 Å². The SMILES string of the molecule is OC1COCCSCCOC1Cc1ccccc1. The van der Waals surface area contributed by atoms with Crippen molar-refractivity contribution in [1.82, 2.24) is 0 Å². The van der Waals surface area contributed by atoms with Crippen LogP contribution in [0.3, 0.4) is 0 Å². The van der Waals surface area contributed by atoms with Crippen LogP contribution in [-0.4, -0.2) is 48.6 Å². The zero-order chi connectivity index (χ0) is 12.6. The Morgan fingerprint density at radius 1 is 1.17 bits per heavy atom. The first-order chi connectivity index (χ1) is 8.86. The summed E-state index contributed by atoms with van der Waals surface area (Å²) in [6, 6.07) is 10.1. The predicted octanol–water partition coefficient (Wildman–Crippen LogP) is 1.74. The number of aliphatic hydroxyl groups is 1. The molecule has 2 atom stereocenters. The molecule has 1 saturated heterocycles.